The Kier molecular flexibility index (Phi) is 1.93. The number of ether oxygens (including phenoxy) is 1. The number of aryl methyl sites for hydroxylation is 2. The first kappa shape index (κ1) is 7.87. The van der Waals surface area contributed by atoms with E-state index in [2.05, 4.69) is 4.98 Å². The Bertz CT molecular complexity index is 312. The standard InChI is InChI=1S/C9H10ClNO/c1-6-5-11-7-3-2-4-12-9(7)8(6)10/h5H,2-4H2,1H3. The van der Waals surface area contributed by atoms with E-state index in [0.717, 1.165) is 41.5 Å². The molecule has 1 aliphatic heterocycles. The molecule has 2 rings (SSSR count). The van der Waals surface area contributed by atoms with Crippen LogP contribution in [0.4, 0.5) is 0 Å². The highest BCUT2D eigenvalue weighted by molar-refractivity contribution is 6.32. The number of rotatable bonds is 0. The molecule has 0 radical (unpaired) electrons. The van der Waals surface area contributed by atoms with E-state index < -0.39 is 0 Å². The normalized spacial score (nSPS) is 15.2. The molecule has 0 atom stereocenters. The molecule has 0 bridgehead atoms. The van der Waals surface area contributed by atoms with Crippen LogP contribution in [0.1, 0.15) is 17.7 Å². The minimum atomic E-state index is 0.722. The van der Waals surface area contributed by atoms with E-state index in [1.807, 2.05) is 6.92 Å². The van der Waals surface area contributed by atoms with Crippen molar-refractivity contribution >= 4 is 11.6 Å². The van der Waals surface area contributed by atoms with E-state index in [9.17, 15) is 0 Å². The predicted molar refractivity (Wildman–Crippen MR) is 47.8 cm³/mol. The van der Waals surface area contributed by atoms with Crippen molar-refractivity contribution < 1.29 is 4.74 Å². The minimum Gasteiger partial charge on any atom is -0.490 e. The summed E-state index contributed by atoms with van der Waals surface area (Å²) < 4.78 is 5.44. The van der Waals surface area contributed by atoms with Crippen LogP contribution in [-0.2, 0) is 6.42 Å². The van der Waals surface area contributed by atoms with Crippen LogP contribution >= 0.6 is 11.6 Å². The number of aromatic nitrogens is 1. The smallest absolute Gasteiger partial charge is 0.159 e. The largest absolute Gasteiger partial charge is 0.490 e. The molecule has 0 spiro atoms. The van der Waals surface area contributed by atoms with Gasteiger partial charge in [-0.2, -0.15) is 0 Å². The third kappa shape index (κ3) is 1.16. The molecule has 0 amide bonds. The first-order chi connectivity index (χ1) is 5.79. The zero-order valence-electron chi connectivity index (χ0n) is 6.93. The molecular formula is C9H10ClNO. The van der Waals surface area contributed by atoms with Gasteiger partial charge in [0, 0.05) is 6.20 Å². The van der Waals surface area contributed by atoms with Crippen molar-refractivity contribution in [1.82, 2.24) is 4.98 Å². The summed E-state index contributed by atoms with van der Waals surface area (Å²) in [5.74, 6) is 0.794. The Balaban J connectivity index is 2.54. The highest BCUT2D eigenvalue weighted by Gasteiger charge is 2.15. The van der Waals surface area contributed by atoms with Crippen LogP contribution in [0.5, 0.6) is 5.75 Å². The van der Waals surface area contributed by atoms with Crippen molar-refractivity contribution in [3.05, 3.63) is 22.5 Å². The fourth-order valence-electron chi connectivity index (χ4n) is 1.33. The van der Waals surface area contributed by atoms with Gasteiger partial charge in [0.1, 0.15) is 0 Å². The molecule has 0 fully saturated rings. The predicted octanol–water partition coefficient (Wildman–Crippen LogP) is 2.37. The summed E-state index contributed by atoms with van der Waals surface area (Å²) in [7, 11) is 0. The van der Waals surface area contributed by atoms with Crippen molar-refractivity contribution in [2.75, 3.05) is 6.61 Å². The minimum absolute atomic E-state index is 0.722. The molecule has 1 aromatic heterocycles. The molecule has 0 aromatic carbocycles. The zero-order chi connectivity index (χ0) is 8.55. The maximum atomic E-state index is 6.05. The van der Waals surface area contributed by atoms with Crippen LogP contribution in [0.2, 0.25) is 5.02 Å². The van der Waals surface area contributed by atoms with E-state index in [-0.39, 0.29) is 0 Å². The lowest BCUT2D eigenvalue weighted by Crippen LogP contribution is -2.10. The van der Waals surface area contributed by atoms with Crippen LogP contribution < -0.4 is 4.74 Å². The molecule has 0 saturated carbocycles. The SMILES string of the molecule is Cc1cnc2c(c1Cl)OCCC2. The summed E-state index contributed by atoms with van der Waals surface area (Å²) in [6.45, 7) is 2.70. The second-order valence-corrected chi connectivity index (χ2v) is 3.36. The van der Waals surface area contributed by atoms with Crippen molar-refractivity contribution in [1.29, 1.82) is 0 Å². The first-order valence-corrected chi connectivity index (χ1v) is 4.43. The molecule has 1 aromatic rings. The number of pyridine rings is 1. The number of fused-ring (bicyclic) bond motifs is 1. The van der Waals surface area contributed by atoms with Crippen LogP contribution in [0.15, 0.2) is 6.20 Å². The summed E-state index contributed by atoms with van der Waals surface area (Å²) in [5, 5.41) is 0.722. The lowest BCUT2D eigenvalue weighted by atomic mass is 10.1. The summed E-state index contributed by atoms with van der Waals surface area (Å²) in [5.41, 5.74) is 1.98. The first-order valence-electron chi connectivity index (χ1n) is 4.06. The van der Waals surface area contributed by atoms with Crippen molar-refractivity contribution in [2.45, 2.75) is 19.8 Å². The molecule has 2 nitrogen and oxygen atoms in total. The molecule has 1 aliphatic rings. The van der Waals surface area contributed by atoms with Crippen molar-refractivity contribution in [2.24, 2.45) is 0 Å². The van der Waals surface area contributed by atoms with Gasteiger partial charge in [0.05, 0.1) is 17.3 Å². The van der Waals surface area contributed by atoms with Crippen LogP contribution in [0.25, 0.3) is 0 Å². The van der Waals surface area contributed by atoms with Gasteiger partial charge in [-0.25, -0.2) is 0 Å². The Morgan fingerprint density at radius 3 is 3.25 bits per heavy atom. The Morgan fingerprint density at radius 1 is 1.58 bits per heavy atom. The lowest BCUT2D eigenvalue weighted by Gasteiger charge is -2.17. The molecule has 3 heteroatoms. The molecular weight excluding hydrogens is 174 g/mol. The highest BCUT2D eigenvalue weighted by atomic mass is 35.5. The van der Waals surface area contributed by atoms with Gasteiger partial charge >= 0.3 is 0 Å². The van der Waals surface area contributed by atoms with Crippen LogP contribution in [0, 0.1) is 6.92 Å². The quantitative estimate of drug-likeness (QED) is 0.616. The summed E-state index contributed by atoms with van der Waals surface area (Å²) >= 11 is 6.05. The average Bonchev–Trinajstić information content (AvgIpc) is 2.12. The van der Waals surface area contributed by atoms with Crippen LogP contribution in [0.3, 0.4) is 0 Å². The summed E-state index contributed by atoms with van der Waals surface area (Å²) in [6.07, 6.45) is 3.82. The van der Waals surface area contributed by atoms with E-state index >= 15 is 0 Å². The third-order valence-corrected chi connectivity index (χ3v) is 2.50. The topological polar surface area (TPSA) is 22.1 Å². The Hall–Kier alpha value is -0.760. The molecule has 0 N–H and O–H groups in total. The average molecular weight is 184 g/mol. The van der Waals surface area contributed by atoms with Crippen molar-refractivity contribution in [3.8, 4) is 5.75 Å². The highest BCUT2D eigenvalue weighted by Crippen LogP contribution is 2.33. The Labute approximate surface area is 76.5 Å². The molecule has 0 aliphatic carbocycles. The van der Waals surface area contributed by atoms with Gasteiger partial charge in [0.25, 0.3) is 0 Å². The molecule has 0 unspecified atom stereocenters. The second-order valence-electron chi connectivity index (χ2n) is 2.98. The number of halogens is 1. The lowest BCUT2D eigenvalue weighted by molar-refractivity contribution is 0.285. The van der Waals surface area contributed by atoms with E-state index in [1.165, 1.54) is 0 Å². The van der Waals surface area contributed by atoms with Crippen LogP contribution in [-0.4, -0.2) is 11.6 Å². The fraction of sp³-hybridized carbons (Fsp3) is 0.444. The molecule has 12 heavy (non-hydrogen) atoms. The van der Waals surface area contributed by atoms with Gasteiger partial charge in [-0.3, -0.25) is 4.98 Å². The molecule has 0 saturated heterocycles. The second kappa shape index (κ2) is 2.94. The van der Waals surface area contributed by atoms with Crippen molar-refractivity contribution in [3.63, 3.8) is 0 Å². The molecule has 64 valence electrons. The Morgan fingerprint density at radius 2 is 2.42 bits per heavy atom. The maximum absolute atomic E-state index is 6.05. The summed E-state index contributed by atoms with van der Waals surface area (Å²) in [4.78, 5) is 4.27. The van der Waals surface area contributed by atoms with Gasteiger partial charge in [-0.1, -0.05) is 11.6 Å². The van der Waals surface area contributed by atoms with Gasteiger partial charge in [0.2, 0.25) is 0 Å². The zero-order valence-corrected chi connectivity index (χ0v) is 7.69. The number of hydrogen-bond donors (Lipinski definition) is 0. The fourth-order valence-corrected chi connectivity index (χ4v) is 1.55. The van der Waals surface area contributed by atoms with Gasteiger partial charge in [-0.15, -0.1) is 0 Å². The van der Waals surface area contributed by atoms with E-state index in [1.54, 1.807) is 6.20 Å². The van der Waals surface area contributed by atoms with Gasteiger partial charge in [-0.05, 0) is 25.3 Å². The van der Waals surface area contributed by atoms with Gasteiger partial charge < -0.3 is 4.74 Å². The van der Waals surface area contributed by atoms with E-state index in [4.69, 9.17) is 16.3 Å². The summed E-state index contributed by atoms with van der Waals surface area (Å²) in [6, 6.07) is 0. The molecule has 2 heterocycles. The number of hydrogen-bond acceptors (Lipinski definition) is 2. The van der Waals surface area contributed by atoms with Gasteiger partial charge in [0.15, 0.2) is 5.75 Å². The maximum Gasteiger partial charge on any atom is 0.159 e. The number of nitrogens with zero attached hydrogens (tertiary/aromatic N) is 1. The van der Waals surface area contributed by atoms with E-state index in [0.29, 0.717) is 0 Å². The third-order valence-electron chi connectivity index (χ3n) is 2.03. The monoisotopic (exact) mass is 183 g/mol.